The van der Waals surface area contributed by atoms with Crippen LogP contribution in [0.2, 0.25) is 0 Å². The first-order chi connectivity index (χ1) is 15.4. The third-order valence-corrected chi connectivity index (χ3v) is 5.76. The van der Waals surface area contributed by atoms with Gasteiger partial charge in [-0.1, -0.05) is 54.6 Å². The molecule has 32 heavy (non-hydrogen) atoms. The summed E-state index contributed by atoms with van der Waals surface area (Å²) in [5, 5.41) is 9.58. The van der Waals surface area contributed by atoms with Gasteiger partial charge in [-0.25, -0.2) is 8.78 Å². The average molecular weight is 437 g/mol. The summed E-state index contributed by atoms with van der Waals surface area (Å²) in [6.45, 7) is -0.0332. The Morgan fingerprint density at radius 3 is 2.09 bits per heavy atom. The second-order valence-electron chi connectivity index (χ2n) is 7.79. The van der Waals surface area contributed by atoms with E-state index in [0.29, 0.717) is 0 Å². The SMILES string of the molecule is N[C@H](Cc1ccc(F)c(F)c1)[C@H](C(=O)O)C(=O)OCC1c2ccccc2-c2ccccc21. The number of halogens is 2. The van der Waals surface area contributed by atoms with E-state index in [1.165, 1.54) is 6.07 Å². The molecule has 3 N–H and O–H groups in total. The summed E-state index contributed by atoms with van der Waals surface area (Å²) in [5.41, 5.74) is 10.4. The Balaban J connectivity index is 1.49. The molecule has 0 aliphatic heterocycles. The minimum atomic E-state index is -1.64. The minimum Gasteiger partial charge on any atom is -0.481 e. The van der Waals surface area contributed by atoms with Gasteiger partial charge in [-0.3, -0.25) is 9.59 Å². The lowest BCUT2D eigenvalue weighted by molar-refractivity contribution is -0.159. The second kappa shape index (κ2) is 8.88. The van der Waals surface area contributed by atoms with Crippen LogP contribution in [-0.4, -0.2) is 29.7 Å². The summed E-state index contributed by atoms with van der Waals surface area (Å²) in [7, 11) is 0. The van der Waals surface area contributed by atoms with Crippen LogP contribution in [0.15, 0.2) is 66.7 Å². The number of hydrogen-bond donors (Lipinski definition) is 2. The minimum absolute atomic E-state index is 0.0332. The second-order valence-corrected chi connectivity index (χ2v) is 7.79. The number of aliphatic carboxylic acids is 1. The summed E-state index contributed by atoms with van der Waals surface area (Å²) in [6, 6.07) is 17.6. The molecule has 0 saturated carbocycles. The van der Waals surface area contributed by atoms with Crippen LogP contribution in [0.4, 0.5) is 8.78 Å². The van der Waals surface area contributed by atoms with Crippen molar-refractivity contribution < 1.29 is 28.2 Å². The molecule has 0 saturated heterocycles. The number of benzene rings is 3. The van der Waals surface area contributed by atoms with Crippen LogP contribution in [0.25, 0.3) is 11.1 Å². The molecule has 0 unspecified atom stereocenters. The molecule has 0 amide bonds. The maximum atomic E-state index is 13.5. The van der Waals surface area contributed by atoms with E-state index in [1.54, 1.807) is 0 Å². The van der Waals surface area contributed by atoms with Gasteiger partial charge in [0.15, 0.2) is 17.6 Å². The van der Waals surface area contributed by atoms with Crippen LogP contribution in [0.3, 0.4) is 0 Å². The Hall–Kier alpha value is -3.58. The molecule has 0 fully saturated rings. The highest BCUT2D eigenvalue weighted by molar-refractivity contribution is 5.95. The molecule has 0 spiro atoms. The van der Waals surface area contributed by atoms with Gasteiger partial charge in [-0.05, 0) is 46.4 Å². The molecule has 2 atom stereocenters. The van der Waals surface area contributed by atoms with Gasteiger partial charge in [-0.2, -0.15) is 0 Å². The molecule has 1 aliphatic rings. The first-order valence-electron chi connectivity index (χ1n) is 10.1. The Labute approximate surface area is 183 Å². The lowest BCUT2D eigenvalue weighted by atomic mass is 9.94. The number of carbonyl (C=O) groups excluding carboxylic acids is 1. The number of fused-ring (bicyclic) bond motifs is 3. The Morgan fingerprint density at radius 1 is 0.938 bits per heavy atom. The third kappa shape index (κ3) is 4.11. The molecule has 5 nitrogen and oxygen atoms in total. The number of carboxylic acid groups (broad SMARTS) is 1. The number of carboxylic acids is 1. The predicted octanol–water partition coefficient (Wildman–Crippen LogP) is 3.89. The smallest absolute Gasteiger partial charge is 0.321 e. The van der Waals surface area contributed by atoms with Gasteiger partial charge in [0.2, 0.25) is 0 Å². The summed E-state index contributed by atoms with van der Waals surface area (Å²) in [5.74, 6) is -6.35. The van der Waals surface area contributed by atoms with E-state index in [-0.39, 0.29) is 24.5 Å². The fourth-order valence-electron chi connectivity index (χ4n) is 4.21. The number of nitrogens with two attached hydrogens (primary N) is 1. The highest BCUT2D eigenvalue weighted by Gasteiger charge is 2.36. The van der Waals surface area contributed by atoms with Crippen LogP contribution in [0.1, 0.15) is 22.6 Å². The normalized spacial score (nSPS) is 14.3. The zero-order valence-corrected chi connectivity index (χ0v) is 17.0. The highest BCUT2D eigenvalue weighted by Crippen LogP contribution is 2.44. The van der Waals surface area contributed by atoms with Crippen molar-refractivity contribution in [2.24, 2.45) is 11.7 Å². The largest absolute Gasteiger partial charge is 0.481 e. The van der Waals surface area contributed by atoms with Crippen molar-refractivity contribution in [2.75, 3.05) is 6.61 Å². The third-order valence-electron chi connectivity index (χ3n) is 5.76. The monoisotopic (exact) mass is 437 g/mol. The summed E-state index contributed by atoms with van der Waals surface area (Å²) in [4.78, 5) is 24.5. The fraction of sp³-hybridized carbons (Fsp3) is 0.200. The van der Waals surface area contributed by atoms with Crippen molar-refractivity contribution in [3.8, 4) is 11.1 Å². The van der Waals surface area contributed by atoms with Gasteiger partial charge in [0, 0.05) is 12.0 Å². The van der Waals surface area contributed by atoms with Gasteiger partial charge in [0.05, 0.1) is 0 Å². The zero-order valence-electron chi connectivity index (χ0n) is 17.0. The van der Waals surface area contributed by atoms with Crippen LogP contribution in [0.5, 0.6) is 0 Å². The Kier molecular flexibility index (Phi) is 6.01. The number of esters is 1. The quantitative estimate of drug-likeness (QED) is 0.432. The number of hydrogen-bond acceptors (Lipinski definition) is 4. The van der Waals surface area contributed by atoms with Crippen molar-refractivity contribution in [3.63, 3.8) is 0 Å². The van der Waals surface area contributed by atoms with Gasteiger partial charge in [-0.15, -0.1) is 0 Å². The van der Waals surface area contributed by atoms with Crippen LogP contribution in [0, 0.1) is 17.6 Å². The molecule has 3 aromatic carbocycles. The van der Waals surface area contributed by atoms with Crippen molar-refractivity contribution in [2.45, 2.75) is 18.4 Å². The molecule has 0 aromatic heterocycles. The summed E-state index contributed by atoms with van der Waals surface area (Å²) >= 11 is 0. The van der Waals surface area contributed by atoms with E-state index in [0.717, 1.165) is 34.4 Å². The van der Waals surface area contributed by atoms with E-state index >= 15 is 0 Å². The van der Waals surface area contributed by atoms with Crippen molar-refractivity contribution >= 4 is 11.9 Å². The van der Waals surface area contributed by atoms with E-state index in [2.05, 4.69) is 0 Å². The Bertz CT molecular complexity index is 1130. The predicted molar refractivity (Wildman–Crippen MR) is 114 cm³/mol. The average Bonchev–Trinajstić information content (AvgIpc) is 3.08. The first-order valence-corrected chi connectivity index (χ1v) is 10.1. The molecule has 4 rings (SSSR count). The number of carbonyl (C=O) groups is 2. The Morgan fingerprint density at radius 2 is 1.53 bits per heavy atom. The summed E-state index contributed by atoms with van der Waals surface area (Å²) in [6.07, 6.45) is -0.127. The molecule has 0 heterocycles. The summed E-state index contributed by atoms with van der Waals surface area (Å²) < 4.78 is 32.0. The lowest BCUT2D eigenvalue weighted by Crippen LogP contribution is -2.43. The van der Waals surface area contributed by atoms with Gasteiger partial charge in [0.25, 0.3) is 0 Å². The maximum Gasteiger partial charge on any atom is 0.321 e. The van der Waals surface area contributed by atoms with E-state index in [4.69, 9.17) is 10.5 Å². The van der Waals surface area contributed by atoms with Crippen LogP contribution in [-0.2, 0) is 20.7 Å². The van der Waals surface area contributed by atoms with Crippen LogP contribution >= 0.6 is 0 Å². The molecule has 7 heteroatoms. The van der Waals surface area contributed by atoms with Gasteiger partial charge < -0.3 is 15.6 Å². The van der Waals surface area contributed by atoms with Crippen molar-refractivity contribution in [3.05, 3.63) is 95.1 Å². The van der Waals surface area contributed by atoms with E-state index < -0.39 is 35.5 Å². The zero-order chi connectivity index (χ0) is 22.8. The molecule has 0 radical (unpaired) electrons. The molecular formula is C25H21F2NO4. The van der Waals surface area contributed by atoms with Crippen molar-refractivity contribution in [1.29, 1.82) is 0 Å². The number of rotatable bonds is 7. The first kappa shape index (κ1) is 21.6. The lowest BCUT2D eigenvalue weighted by Gasteiger charge is -2.21. The van der Waals surface area contributed by atoms with Crippen molar-refractivity contribution in [1.82, 2.24) is 0 Å². The maximum absolute atomic E-state index is 13.5. The van der Waals surface area contributed by atoms with Gasteiger partial charge in [0.1, 0.15) is 6.61 Å². The highest BCUT2D eigenvalue weighted by atomic mass is 19.2. The molecule has 1 aliphatic carbocycles. The fourth-order valence-corrected chi connectivity index (χ4v) is 4.21. The van der Waals surface area contributed by atoms with Gasteiger partial charge >= 0.3 is 11.9 Å². The molecular weight excluding hydrogens is 416 g/mol. The standard InChI is InChI=1S/C25H21F2NO4/c26-20-10-9-14(11-21(20)27)12-22(28)23(24(29)30)25(31)32-13-19-17-7-3-1-5-15(17)16-6-2-4-8-18(16)19/h1-11,19,22-23H,12-13,28H2,(H,29,30)/t22-,23-/m1/s1. The van der Waals surface area contributed by atoms with E-state index in [1.807, 2.05) is 48.5 Å². The van der Waals surface area contributed by atoms with Crippen LogP contribution < -0.4 is 5.73 Å². The number of ether oxygens (including phenoxy) is 1. The topological polar surface area (TPSA) is 89.6 Å². The molecule has 0 bridgehead atoms. The van der Waals surface area contributed by atoms with E-state index in [9.17, 15) is 23.5 Å². The molecule has 164 valence electrons. The molecule has 3 aromatic rings.